The number of nitrogens with zero attached hydrogens (tertiary/aromatic N) is 1. The quantitative estimate of drug-likeness (QED) is 0.705. The number of hydrogen-bond acceptors (Lipinski definition) is 6. The molecule has 0 spiro atoms. The summed E-state index contributed by atoms with van der Waals surface area (Å²) in [5, 5.41) is 2.73. The minimum absolute atomic E-state index is 0.240. The van der Waals surface area contributed by atoms with Crippen molar-refractivity contribution in [1.29, 1.82) is 0 Å². The van der Waals surface area contributed by atoms with E-state index in [0.717, 1.165) is 5.56 Å². The molecule has 5 N–H and O–H groups in total. The number of benzene rings is 1. The van der Waals surface area contributed by atoms with Crippen molar-refractivity contribution in [3.63, 3.8) is 0 Å². The van der Waals surface area contributed by atoms with Crippen LogP contribution in [0, 0.1) is 0 Å². The molecule has 0 radical (unpaired) electrons. The summed E-state index contributed by atoms with van der Waals surface area (Å²) in [7, 11) is -3.23. The number of guanidine groups is 1. The van der Waals surface area contributed by atoms with Crippen molar-refractivity contribution in [2.45, 2.75) is 17.0 Å². The molecule has 102 valence electrons. The Morgan fingerprint density at radius 1 is 1.42 bits per heavy atom. The Hall–Kier alpha value is -1.86. The van der Waals surface area contributed by atoms with Crippen LogP contribution < -0.4 is 16.8 Å². The summed E-state index contributed by atoms with van der Waals surface area (Å²) in [5.41, 5.74) is 11.5. The molecule has 1 aromatic carbocycles. The zero-order valence-corrected chi connectivity index (χ0v) is 11.3. The van der Waals surface area contributed by atoms with Crippen molar-refractivity contribution < 1.29 is 8.42 Å². The maximum Gasteiger partial charge on any atom is 0.194 e. The lowest BCUT2D eigenvalue weighted by Crippen LogP contribution is -2.45. The van der Waals surface area contributed by atoms with Crippen LogP contribution in [-0.4, -0.2) is 26.3 Å². The summed E-state index contributed by atoms with van der Waals surface area (Å²) >= 11 is 0. The first-order chi connectivity index (χ1) is 8.78. The van der Waals surface area contributed by atoms with E-state index in [1.165, 1.54) is 6.26 Å². The van der Waals surface area contributed by atoms with Crippen molar-refractivity contribution in [3.05, 3.63) is 42.1 Å². The van der Waals surface area contributed by atoms with E-state index in [1.54, 1.807) is 30.5 Å². The van der Waals surface area contributed by atoms with E-state index < -0.39 is 15.5 Å². The van der Waals surface area contributed by atoms with E-state index in [0.29, 0.717) is 6.42 Å². The van der Waals surface area contributed by atoms with Crippen LogP contribution in [0.5, 0.6) is 0 Å². The molecule has 19 heavy (non-hydrogen) atoms. The predicted molar refractivity (Wildman–Crippen MR) is 74.1 cm³/mol. The molecule has 0 aromatic heterocycles. The van der Waals surface area contributed by atoms with E-state index in [-0.39, 0.29) is 10.9 Å². The summed E-state index contributed by atoms with van der Waals surface area (Å²) < 4.78 is 23.0. The normalized spacial score (nSPS) is 22.7. The molecule has 1 heterocycles. The molecule has 2 rings (SSSR count). The second-order valence-corrected chi connectivity index (χ2v) is 6.58. The smallest absolute Gasteiger partial charge is 0.194 e. The Bertz CT molecular complexity index is 651. The maximum atomic E-state index is 11.5. The zero-order valence-electron chi connectivity index (χ0n) is 10.5. The van der Waals surface area contributed by atoms with Crippen molar-refractivity contribution in [2.75, 3.05) is 6.26 Å². The third kappa shape index (κ3) is 3.33. The molecule has 0 saturated carbocycles. The lowest BCUT2D eigenvalue weighted by molar-refractivity contribution is 0.541. The summed E-state index contributed by atoms with van der Waals surface area (Å²) in [4.78, 5) is 4.39. The van der Waals surface area contributed by atoms with Crippen LogP contribution in [0.2, 0.25) is 0 Å². The van der Waals surface area contributed by atoms with Gasteiger partial charge in [-0.1, -0.05) is 12.1 Å². The molecular formula is C12H16N4O2S. The van der Waals surface area contributed by atoms with Crippen LogP contribution >= 0.6 is 0 Å². The van der Waals surface area contributed by atoms with Gasteiger partial charge < -0.3 is 16.8 Å². The van der Waals surface area contributed by atoms with Crippen LogP contribution in [0.1, 0.15) is 5.56 Å². The summed E-state index contributed by atoms with van der Waals surface area (Å²) in [6.45, 7) is 0. The molecule has 6 nitrogen and oxygen atoms in total. The first kappa shape index (κ1) is 13.6. The topological polar surface area (TPSA) is 111 Å². The fourth-order valence-electron chi connectivity index (χ4n) is 1.88. The second-order valence-electron chi connectivity index (χ2n) is 4.56. The molecule has 1 atom stereocenters. The Morgan fingerprint density at radius 2 is 2.16 bits per heavy atom. The molecule has 0 bridgehead atoms. The van der Waals surface area contributed by atoms with Gasteiger partial charge >= 0.3 is 0 Å². The largest absolute Gasteiger partial charge is 0.370 e. The van der Waals surface area contributed by atoms with Crippen LogP contribution in [0.3, 0.4) is 0 Å². The van der Waals surface area contributed by atoms with E-state index in [9.17, 15) is 8.42 Å². The Labute approximate surface area is 112 Å². The van der Waals surface area contributed by atoms with Crippen molar-refractivity contribution in [3.8, 4) is 0 Å². The van der Waals surface area contributed by atoms with E-state index in [2.05, 4.69) is 10.3 Å². The number of rotatable bonds is 3. The fraction of sp³-hybridized carbons (Fsp3) is 0.250. The Balaban J connectivity index is 2.30. The van der Waals surface area contributed by atoms with Gasteiger partial charge in [-0.2, -0.15) is 0 Å². The lowest BCUT2D eigenvalue weighted by atomic mass is 10.0. The number of sulfone groups is 1. The van der Waals surface area contributed by atoms with Gasteiger partial charge in [0, 0.05) is 18.9 Å². The maximum absolute atomic E-state index is 11.5. The highest BCUT2D eigenvalue weighted by atomic mass is 32.2. The van der Waals surface area contributed by atoms with Gasteiger partial charge in [-0.25, -0.2) is 13.4 Å². The average Bonchev–Trinajstić information content (AvgIpc) is 2.27. The van der Waals surface area contributed by atoms with Gasteiger partial charge in [0.1, 0.15) is 5.66 Å². The predicted octanol–water partition coefficient (Wildman–Crippen LogP) is -0.281. The standard InChI is InChI=1S/C12H16N4O2S/c1-19(17,18)10-4-2-3-9(7-10)8-12(14)5-6-15-11(13)16-12/h2-7H,8,14H2,1H3,(H3,13,15,16). The number of hydrogen-bond donors (Lipinski definition) is 3. The summed E-state index contributed by atoms with van der Waals surface area (Å²) in [6, 6.07) is 6.65. The molecular weight excluding hydrogens is 264 g/mol. The summed E-state index contributed by atoms with van der Waals surface area (Å²) in [6.07, 6.45) is 4.86. The minimum atomic E-state index is -3.23. The Kier molecular flexibility index (Phi) is 3.34. The molecule has 0 saturated heterocycles. The lowest BCUT2D eigenvalue weighted by Gasteiger charge is -2.25. The van der Waals surface area contributed by atoms with Gasteiger partial charge in [0.15, 0.2) is 15.8 Å². The summed E-state index contributed by atoms with van der Waals surface area (Å²) in [5.74, 6) is 0.240. The van der Waals surface area contributed by atoms with E-state index >= 15 is 0 Å². The van der Waals surface area contributed by atoms with E-state index in [4.69, 9.17) is 11.5 Å². The van der Waals surface area contributed by atoms with Gasteiger partial charge in [0.2, 0.25) is 0 Å². The van der Waals surface area contributed by atoms with Crippen LogP contribution in [0.25, 0.3) is 0 Å². The molecule has 0 aliphatic carbocycles. The molecule has 0 fully saturated rings. The first-order valence-electron chi connectivity index (χ1n) is 5.66. The molecule has 7 heteroatoms. The van der Waals surface area contributed by atoms with E-state index in [1.807, 2.05) is 6.07 Å². The fourth-order valence-corrected chi connectivity index (χ4v) is 2.57. The van der Waals surface area contributed by atoms with Crippen molar-refractivity contribution >= 4 is 15.8 Å². The molecule has 1 aliphatic heterocycles. The molecule has 1 aromatic rings. The highest BCUT2D eigenvalue weighted by molar-refractivity contribution is 7.90. The van der Waals surface area contributed by atoms with Gasteiger partial charge in [-0.05, 0) is 23.8 Å². The number of nitrogens with two attached hydrogens (primary N) is 2. The third-order valence-corrected chi connectivity index (χ3v) is 3.86. The van der Waals surface area contributed by atoms with Crippen LogP contribution in [-0.2, 0) is 16.3 Å². The van der Waals surface area contributed by atoms with Crippen LogP contribution in [0.15, 0.2) is 46.4 Å². The zero-order chi connectivity index (χ0) is 14.1. The minimum Gasteiger partial charge on any atom is -0.370 e. The average molecular weight is 280 g/mol. The third-order valence-electron chi connectivity index (χ3n) is 2.75. The van der Waals surface area contributed by atoms with Gasteiger partial charge in [0.25, 0.3) is 0 Å². The first-order valence-corrected chi connectivity index (χ1v) is 7.55. The highest BCUT2D eigenvalue weighted by Crippen LogP contribution is 2.18. The number of nitrogens with one attached hydrogen (secondary N) is 1. The monoisotopic (exact) mass is 280 g/mol. The molecule has 1 aliphatic rings. The van der Waals surface area contributed by atoms with Gasteiger partial charge in [0.05, 0.1) is 4.90 Å². The SMILES string of the molecule is CS(=O)(=O)c1cccc(CC2(N)C=CNC(N)=N2)c1. The highest BCUT2D eigenvalue weighted by Gasteiger charge is 2.24. The Morgan fingerprint density at radius 3 is 2.79 bits per heavy atom. The van der Waals surface area contributed by atoms with Gasteiger partial charge in [-0.3, -0.25) is 0 Å². The molecule has 1 unspecified atom stereocenters. The number of aliphatic imine (C=N–C) groups is 1. The van der Waals surface area contributed by atoms with Crippen molar-refractivity contribution in [1.82, 2.24) is 5.32 Å². The van der Waals surface area contributed by atoms with Crippen LogP contribution in [0.4, 0.5) is 0 Å². The van der Waals surface area contributed by atoms with Gasteiger partial charge in [-0.15, -0.1) is 0 Å². The second kappa shape index (κ2) is 4.67. The molecule has 0 amide bonds. The van der Waals surface area contributed by atoms with Crippen molar-refractivity contribution in [2.24, 2.45) is 16.5 Å².